The molecule has 15 atom stereocenters. The van der Waals surface area contributed by atoms with Crippen LogP contribution in [0.25, 0.3) is 0 Å². The second kappa shape index (κ2) is 39.9. The van der Waals surface area contributed by atoms with Gasteiger partial charge in [0, 0.05) is 12.6 Å². The number of unbranched alkanes of at least 4 members (excludes halogenated alkanes) is 1. The van der Waals surface area contributed by atoms with Crippen LogP contribution < -0.4 is 58.9 Å². The van der Waals surface area contributed by atoms with Gasteiger partial charge in [-0.05, 0) is 89.5 Å². The van der Waals surface area contributed by atoms with Gasteiger partial charge in [-0.3, -0.25) is 71.9 Å². The minimum Gasteiger partial charge on any atom is -0.481 e. The highest BCUT2D eigenvalue weighted by molar-refractivity contribution is 6.02. The Morgan fingerprint density at radius 2 is 1.26 bits per heavy atom. The van der Waals surface area contributed by atoms with Gasteiger partial charge in [0.1, 0.15) is 60.9 Å². The molecule has 2 heterocycles. The molecule has 0 saturated carbocycles. The van der Waals surface area contributed by atoms with E-state index in [1.807, 2.05) is 24.5 Å². The zero-order valence-electron chi connectivity index (χ0n) is 57.8. The highest BCUT2D eigenvalue weighted by Gasteiger charge is 2.46. The number of carboxylic acids is 4. The molecule has 0 aromatic carbocycles. The minimum atomic E-state index is -2.84. The van der Waals surface area contributed by atoms with E-state index < -0.39 is 216 Å². The van der Waals surface area contributed by atoms with Crippen molar-refractivity contribution >= 4 is 94.8 Å². The van der Waals surface area contributed by atoms with Gasteiger partial charge in [-0.15, -0.1) is 0 Å². The number of fused-ring (bicyclic) bond motifs is 1. The smallest absolute Gasteiger partial charge is 0.338 e. The first-order valence-electron chi connectivity index (χ1n) is 32.4. The van der Waals surface area contributed by atoms with Crippen LogP contribution in [-0.4, -0.2) is 250 Å². The number of nitrogens with one attached hydrogen (secondary N) is 10. The number of aliphatic hydroxyl groups is 1. The third-order valence-corrected chi connectivity index (χ3v) is 16.0. The predicted octanol–water partition coefficient (Wildman–Crippen LogP) is -3.90. The number of quaternary nitrogens is 1. The number of likely N-dealkylation sites (N-methyl/N-ethyl adjacent to an activating group) is 1. The largest absolute Gasteiger partial charge is 0.481 e. The van der Waals surface area contributed by atoms with Crippen LogP contribution in [-0.2, 0) is 81.4 Å². The second-order valence-electron chi connectivity index (χ2n) is 26.9. The van der Waals surface area contributed by atoms with E-state index in [0.29, 0.717) is 12.3 Å². The Balaban J connectivity index is 3.08. The van der Waals surface area contributed by atoms with Crippen molar-refractivity contribution in [2.45, 2.75) is 193 Å². The molecule has 2 saturated heterocycles. The van der Waals surface area contributed by atoms with Crippen LogP contribution in [0.5, 0.6) is 0 Å². The van der Waals surface area contributed by atoms with Crippen molar-refractivity contribution in [2.24, 2.45) is 41.2 Å². The standard InChI is InChI=1S/C63H101N13O22/c1-30(2)20-16-14-15-17-22-41(77)69-47(34(8)61(93)94)57(89)73-49-36(10)66-54(86)40-24-33(7)28-75(40)60(92)46(32(5)6)72-56(88)48(35(9)62(95)96)70-42(78)27-65-52(84)39(26-44(81)82)68-59(91)50(51(83)63(97)98-37(25-43(79)80)29-76(11,12)13)74-53(85)38(21-18-19-23-64)67-55(87)45(31(3)4)71-58(49)90/h14-15,17,22,30-40,45-51,83H,16,18-21,23-29,64H2,1-13H3,(H13-,65,66,67,68,69,70,71,72,73,74,77,78,79,80,81,82,84,85,86,87,88,89,90,91,93,94,95,96)/p+1/b15-14-,22-17+/t33-,34?,35?,36?,37?,38+,39+,40+,45-,46+,47+,48-,49+,50+,51?/m1/s1. The van der Waals surface area contributed by atoms with Crippen LogP contribution in [0, 0.1) is 35.5 Å². The molecule has 550 valence electrons. The number of carboxylic acid groups (broad SMARTS) is 4. The van der Waals surface area contributed by atoms with E-state index in [1.54, 1.807) is 40.2 Å². The van der Waals surface area contributed by atoms with Gasteiger partial charge < -0.3 is 98.6 Å². The summed E-state index contributed by atoms with van der Waals surface area (Å²) in [4.78, 5) is 222. The van der Waals surface area contributed by atoms with Crippen molar-refractivity contribution in [1.29, 1.82) is 0 Å². The van der Waals surface area contributed by atoms with Crippen molar-refractivity contribution in [3.63, 3.8) is 0 Å². The maximum atomic E-state index is 15.0. The number of amides is 11. The van der Waals surface area contributed by atoms with Crippen LogP contribution >= 0.6 is 0 Å². The summed E-state index contributed by atoms with van der Waals surface area (Å²) >= 11 is 0. The monoisotopic (exact) mass is 1390 g/mol. The number of hydrogen-bond acceptors (Lipinski definition) is 19. The average molecular weight is 1390 g/mol. The van der Waals surface area contributed by atoms with Crippen LogP contribution in [0.3, 0.4) is 0 Å². The molecule has 0 aromatic heterocycles. The van der Waals surface area contributed by atoms with Gasteiger partial charge in [0.25, 0.3) is 0 Å². The lowest BCUT2D eigenvalue weighted by atomic mass is 9.97. The van der Waals surface area contributed by atoms with Crippen LogP contribution in [0.2, 0.25) is 0 Å². The lowest BCUT2D eigenvalue weighted by Gasteiger charge is -2.34. The van der Waals surface area contributed by atoms with E-state index in [1.165, 1.54) is 40.7 Å². The zero-order valence-corrected chi connectivity index (χ0v) is 57.8. The van der Waals surface area contributed by atoms with E-state index in [0.717, 1.165) is 31.2 Å². The topological polar surface area (TPSA) is 533 Å². The molecular weight excluding hydrogens is 1290 g/mol. The Morgan fingerprint density at radius 3 is 1.81 bits per heavy atom. The molecule has 0 radical (unpaired) electrons. The summed E-state index contributed by atoms with van der Waals surface area (Å²) in [5, 5.41) is 74.7. The van der Waals surface area contributed by atoms with Gasteiger partial charge in [0.15, 0.2) is 12.2 Å². The second-order valence-corrected chi connectivity index (χ2v) is 26.9. The maximum Gasteiger partial charge on any atom is 0.338 e. The van der Waals surface area contributed by atoms with E-state index >= 15 is 4.79 Å². The number of rotatable bonds is 27. The number of carbonyl (C=O) groups excluding carboxylic acids is 12. The van der Waals surface area contributed by atoms with Crippen LogP contribution in [0.4, 0.5) is 0 Å². The minimum absolute atomic E-state index is 0.0227. The number of hydrogen-bond donors (Lipinski definition) is 16. The molecule has 5 unspecified atom stereocenters. The van der Waals surface area contributed by atoms with E-state index in [9.17, 15) is 97.5 Å². The molecule has 98 heavy (non-hydrogen) atoms. The summed E-state index contributed by atoms with van der Waals surface area (Å²) in [6, 6.07) is -19.0. The van der Waals surface area contributed by atoms with Gasteiger partial charge in [-0.1, -0.05) is 66.7 Å². The summed E-state index contributed by atoms with van der Waals surface area (Å²) in [7, 11) is 4.78. The Labute approximate surface area is 568 Å². The molecule has 2 aliphatic heterocycles. The fourth-order valence-electron chi connectivity index (χ4n) is 10.4. The van der Waals surface area contributed by atoms with Gasteiger partial charge in [-0.2, -0.15) is 0 Å². The maximum absolute atomic E-state index is 15.0. The molecule has 35 heteroatoms. The molecule has 0 aromatic rings. The van der Waals surface area contributed by atoms with Crippen molar-refractivity contribution in [2.75, 3.05) is 47.3 Å². The summed E-state index contributed by atoms with van der Waals surface area (Å²) in [6.45, 7) is 13.4. The quantitative estimate of drug-likeness (QED) is 0.0123. The van der Waals surface area contributed by atoms with Crippen molar-refractivity contribution in [3.05, 3.63) is 24.3 Å². The zero-order chi connectivity index (χ0) is 74.8. The number of esters is 1. The highest BCUT2D eigenvalue weighted by Crippen LogP contribution is 2.26. The predicted molar refractivity (Wildman–Crippen MR) is 347 cm³/mol. The Kier molecular flexibility index (Phi) is 34.6. The normalized spacial score (nSPS) is 25.0. The van der Waals surface area contributed by atoms with Crippen molar-refractivity contribution < 1.29 is 111 Å². The van der Waals surface area contributed by atoms with Crippen molar-refractivity contribution in [1.82, 2.24) is 58.1 Å². The Morgan fingerprint density at radius 1 is 0.673 bits per heavy atom. The number of allylic oxidation sites excluding steroid dienone is 3. The summed E-state index contributed by atoms with van der Waals surface area (Å²) in [5.41, 5.74) is 5.77. The number of ether oxygens (including phenoxy) is 1. The molecule has 11 amide bonds. The van der Waals surface area contributed by atoms with Crippen molar-refractivity contribution in [3.8, 4) is 0 Å². The summed E-state index contributed by atoms with van der Waals surface area (Å²) in [5.74, 6) is -27.1. The fraction of sp³-hybridized carbons (Fsp3) is 0.683. The first-order chi connectivity index (χ1) is 45.5. The lowest BCUT2D eigenvalue weighted by molar-refractivity contribution is -0.873. The van der Waals surface area contributed by atoms with Crippen LogP contribution in [0.1, 0.15) is 121 Å². The highest BCUT2D eigenvalue weighted by atomic mass is 16.6. The van der Waals surface area contributed by atoms with Gasteiger partial charge >= 0.3 is 29.8 Å². The van der Waals surface area contributed by atoms with Gasteiger partial charge in [-0.25, -0.2) is 4.79 Å². The van der Waals surface area contributed by atoms with E-state index in [4.69, 9.17) is 10.5 Å². The first-order valence-corrected chi connectivity index (χ1v) is 32.4. The first kappa shape index (κ1) is 85.0. The van der Waals surface area contributed by atoms with Gasteiger partial charge in [0.05, 0.1) is 58.4 Å². The Hall–Kier alpha value is -9.12. The number of aliphatic hydroxyl groups excluding tert-OH is 1. The molecule has 0 aliphatic carbocycles. The third-order valence-electron chi connectivity index (χ3n) is 16.0. The molecule has 17 N–H and O–H groups in total. The number of nitrogens with zero attached hydrogens (tertiary/aromatic N) is 2. The molecule has 35 nitrogen and oxygen atoms in total. The van der Waals surface area contributed by atoms with E-state index in [-0.39, 0.29) is 49.8 Å². The van der Waals surface area contributed by atoms with Crippen LogP contribution in [0.15, 0.2) is 24.3 Å². The molecule has 0 bridgehead atoms. The summed E-state index contributed by atoms with van der Waals surface area (Å²) < 4.78 is 5.34. The Bertz CT molecular complexity index is 2950. The average Bonchev–Trinajstić information content (AvgIpc) is 1.57. The van der Waals surface area contributed by atoms with E-state index in [2.05, 4.69) is 42.5 Å². The fourth-order valence-corrected chi connectivity index (χ4v) is 10.4. The lowest BCUT2D eigenvalue weighted by Crippen LogP contribution is -2.65. The molecule has 2 rings (SSSR count). The molecule has 2 fully saturated rings. The molecule has 0 spiro atoms. The third kappa shape index (κ3) is 28.1. The summed E-state index contributed by atoms with van der Waals surface area (Å²) in [6.07, 6.45) is 0.528. The molecule has 2 aliphatic rings. The molecular formula is C63H102N13O22+. The van der Waals surface area contributed by atoms with Gasteiger partial charge in [0.2, 0.25) is 65.0 Å². The number of nitrogens with two attached hydrogens (primary N) is 1. The SMILES string of the molecule is CC(C)CC/C=C\C=C\C(=O)N[C@H](C(=O)N[C@@H]1C(=O)N[C@H](C(C)C)C(=O)N[C@@H](CCCCN)C(=O)N[C@@H](C(O)C(=O)OC(CC(=O)O)C[N+](C)(C)C)C(=O)N[C@@H](CC(=O)O)C(=O)NCC(=O)N[C@H](C(C)C(=O)O)C(=O)N[C@@H](C(C)C)C(=O)N2C[C@H](C)C[C@H]2C(=O)NC1C)C(C)C(=O)O. The number of carbonyl (C=O) groups is 16. The number of aliphatic carboxylic acids is 4.